The highest BCUT2D eigenvalue weighted by Crippen LogP contribution is 2.39. The summed E-state index contributed by atoms with van der Waals surface area (Å²) in [5.74, 6) is -1.25. The molecule has 0 radical (unpaired) electrons. The molecule has 0 aliphatic carbocycles. The van der Waals surface area contributed by atoms with Crippen molar-refractivity contribution in [2.45, 2.75) is 69.1 Å². The van der Waals surface area contributed by atoms with E-state index in [-0.39, 0.29) is 42.3 Å². The fourth-order valence-electron chi connectivity index (χ4n) is 4.89. The third kappa shape index (κ3) is 21.7. The lowest BCUT2D eigenvalue weighted by Gasteiger charge is -2.18. The summed E-state index contributed by atoms with van der Waals surface area (Å²) in [6, 6.07) is 6.94. The number of benzene rings is 2. The van der Waals surface area contributed by atoms with E-state index < -0.39 is 17.7 Å². The van der Waals surface area contributed by atoms with Crippen molar-refractivity contribution in [2.75, 3.05) is 59.0 Å². The van der Waals surface area contributed by atoms with Crippen LogP contribution in [0.15, 0.2) is 82.4 Å². The van der Waals surface area contributed by atoms with Crippen molar-refractivity contribution in [3.63, 3.8) is 0 Å². The minimum absolute atomic E-state index is 0.000124. The number of nitrogens with two attached hydrogens (primary N) is 6. The molecule has 1 atom stereocenters. The van der Waals surface area contributed by atoms with Crippen molar-refractivity contribution in [1.29, 1.82) is 0 Å². The number of aliphatic imine (C=N–C) groups is 3. The predicted octanol–water partition coefficient (Wildman–Crippen LogP) is 5.46. The molecule has 17 nitrogen and oxygen atoms in total. The monoisotopic (exact) mass is 995 g/mol. The van der Waals surface area contributed by atoms with E-state index in [1.807, 2.05) is 6.92 Å². The van der Waals surface area contributed by atoms with Crippen molar-refractivity contribution < 1.29 is 19.2 Å². The van der Waals surface area contributed by atoms with Gasteiger partial charge in [0.15, 0.2) is 11.9 Å². The van der Waals surface area contributed by atoms with Gasteiger partial charge in [-0.3, -0.25) is 34.2 Å². The van der Waals surface area contributed by atoms with Crippen LogP contribution in [0.3, 0.4) is 0 Å². The van der Waals surface area contributed by atoms with E-state index in [4.69, 9.17) is 34.4 Å². The molecule has 2 aromatic carbocycles. The number of hydrogen-bond acceptors (Lipinski definition) is 11. The summed E-state index contributed by atoms with van der Waals surface area (Å²) in [7, 11) is 0. The van der Waals surface area contributed by atoms with Crippen LogP contribution in [-0.4, -0.2) is 79.4 Å². The predicted molar refractivity (Wildman–Crippen MR) is 259 cm³/mol. The maximum absolute atomic E-state index is 13.8. The fourth-order valence-corrected chi connectivity index (χ4v) is 7.51. The van der Waals surface area contributed by atoms with Crippen molar-refractivity contribution in [2.24, 2.45) is 55.3 Å². The van der Waals surface area contributed by atoms with Gasteiger partial charge in [-0.1, -0.05) is 37.9 Å². The lowest BCUT2D eigenvalue weighted by Crippen LogP contribution is -2.23. The zero-order valence-corrected chi connectivity index (χ0v) is 39.1. The molecule has 0 aliphatic heterocycles. The summed E-state index contributed by atoms with van der Waals surface area (Å²) in [5.41, 5.74) is 34.9. The molecule has 0 aliphatic rings. The fraction of sp³-hybridized carbons (Fsp3) is 0.410. The average molecular weight is 998 g/mol. The van der Waals surface area contributed by atoms with Crippen LogP contribution in [-0.2, 0) is 19.2 Å². The summed E-state index contributed by atoms with van der Waals surface area (Å²) in [4.78, 5) is 66.6. The number of rotatable bonds is 24. The number of amides is 4. The normalized spacial score (nSPS) is 11.4. The van der Waals surface area contributed by atoms with Crippen LogP contribution in [0, 0.1) is 5.92 Å². The summed E-state index contributed by atoms with van der Waals surface area (Å²) < 4.78 is 1.22. The molecule has 21 heteroatoms. The molecule has 2 rings (SSSR count). The van der Waals surface area contributed by atoms with Crippen molar-refractivity contribution >= 4 is 120 Å². The molecule has 0 saturated carbocycles. The Hall–Kier alpha value is -4.41. The first-order chi connectivity index (χ1) is 28.6. The van der Waals surface area contributed by atoms with Gasteiger partial charge in [0.05, 0.1) is 38.5 Å². The second kappa shape index (κ2) is 30.6. The van der Waals surface area contributed by atoms with Gasteiger partial charge in [-0.25, -0.2) is 0 Å². The van der Waals surface area contributed by atoms with Crippen LogP contribution >= 0.6 is 55.4 Å². The Labute approximate surface area is 378 Å². The summed E-state index contributed by atoms with van der Waals surface area (Å²) in [5, 5.41) is 11.7. The Morgan fingerprint density at radius 2 is 1.12 bits per heavy atom. The molecule has 2 aromatic rings. The quantitative estimate of drug-likeness (QED) is 0.0157. The van der Waals surface area contributed by atoms with Crippen LogP contribution in [0.4, 0.5) is 22.7 Å². The van der Waals surface area contributed by atoms with Gasteiger partial charge >= 0.3 is 0 Å². The minimum Gasteiger partial charge on any atom is -0.370 e. The van der Waals surface area contributed by atoms with Gasteiger partial charge in [-0.05, 0) is 76.8 Å². The third-order valence-electron chi connectivity index (χ3n) is 7.43. The first kappa shape index (κ1) is 53.6. The zero-order chi connectivity index (χ0) is 45.0. The Bertz CT molecular complexity index is 1870. The second-order valence-electron chi connectivity index (χ2n) is 12.6. The molecule has 0 fully saturated rings. The molecule has 0 bridgehead atoms. The van der Waals surface area contributed by atoms with Crippen LogP contribution in [0.1, 0.15) is 59.3 Å². The van der Waals surface area contributed by atoms with Crippen molar-refractivity contribution in [3.8, 4) is 0 Å². The number of allylic oxidation sites excluding steroid dienone is 1. The van der Waals surface area contributed by atoms with Gasteiger partial charge in [0.2, 0.25) is 17.7 Å². The number of halogens is 2. The van der Waals surface area contributed by atoms with Crippen LogP contribution in [0.25, 0.3) is 0 Å². The van der Waals surface area contributed by atoms with Gasteiger partial charge in [0.25, 0.3) is 5.91 Å². The number of anilines is 4. The minimum atomic E-state index is -0.834. The van der Waals surface area contributed by atoms with E-state index in [1.54, 1.807) is 44.2 Å². The van der Waals surface area contributed by atoms with Crippen LogP contribution in [0.5, 0.6) is 0 Å². The average Bonchev–Trinajstić information content (AvgIpc) is 3.16. The lowest BCUT2D eigenvalue weighted by atomic mass is 10.1. The molecule has 0 aromatic heterocycles. The number of carbonyl (C=O) groups is 4. The van der Waals surface area contributed by atoms with Crippen molar-refractivity contribution in [1.82, 2.24) is 0 Å². The van der Waals surface area contributed by atoms with Gasteiger partial charge in [-0.15, -0.1) is 30.1 Å². The van der Waals surface area contributed by atoms with E-state index in [9.17, 15) is 19.2 Å². The molecular weight excluding hydrogens is 938 g/mol. The number of hydrogen-bond donors (Lipinski definition) is 10. The van der Waals surface area contributed by atoms with Crippen LogP contribution in [0.2, 0.25) is 0 Å². The summed E-state index contributed by atoms with van der Waals surface area (Å²) in [6.07, 6.45) is 7.53. The molecule has 330 valence electrons. The Kier molecular flexibility index (Phi) is 27.3. The number of nitrogens with one attached hydrogen (secondary N) is 4. The van der Waals surface area contributed by atoms with Crippen molar-refractivity contribution in [3.05, 3.63) is 57.6 Å². The number of carbonyl (C=O) groups excluding carboxylic acids is 4. The Balaban J connectivity index is 0.00000581. The molecule has 1 unspecified atom stereocenters. The number of thioether (sulfide) groups is 2. The zero-order valence-electron chi connectivity index (χ0n) is 34.3. The number of nitrogens with zero attached hydrogens (tertiary/aromatic N) is 3. The smallest absolute Gasteiger partial charge is 0.273 e. The van der Waals surface area contributed by atoms with Gasteiger partial charge in [-0.2, -0.15) is 0 Å². The van der Waals surface area contributed by atoms with Gasteiger partial charge < -0.3 is 55.7 Å². The second-order valence-corrected chi connectivity index (χ2v) is 16.7. The van der Waals surface area contributed by atoms with E-state index in [0.29, 0.717) is 105 Å². The molecule has 60 heavy (non-hydrogen) atoms. The number of unbranched alkanes of at least 4 members (excludes halogenated alkanes) is 2. The maximum Gasteiger partial charge on any atom is 0.273 e. The van der Waals surface area contributed by atoms with E-state index >= 15 is 0 Å². The summed E-state index contributed by atoms with van der Waals surface area (Å²) >= 11 is 9.73. The highest BCUT2D eigenvalue weighted by molar-refractivity contribution is 9.10. The van der Waals surface area contributed by atoms with E-state index in [0.717, 1.165) is 0 Å². The topological polar surface area (TPSA) is 310 Å². The first-order valence-corrected chi connectivity index (χ1v) is 22.6. The molecule has 0 saturated heterocycles. The maximum atomic E-state index is 13.8. The summed E-state index contributed by atoms with van der Waals surface area (Å²) in [6.45, 7) is 10.1. The Morgan fingerprint density at radius 3 is 1.50 bits per heavy atom. The molecule has 0 heterocycles. The largest absolute Gasteiger partial charge is 0.370 e. The number of guanidine groups is 2. The lowest BCUT2D eigenvalue weighted by molar-refractivity contribution is -0.118. The van der Waals surface area contributed by atoms with Gasteiger partial charge in [0.1, 0.15) is 5.70 Å². The third-order valence-corrected chi connectivity index (χ3v) is 10.7. The molecule has 4 amide bonds. The highest BCUT2D eigenvalue weighted by Gasteiger charge is 2.22. The Morgan fingerprint density at radius 1 is 0.717 bits per heavy atom. The van der Waals surface area contributed by atoms with E-state index in [2.05, 4.69) is 74.7 Å². The molecular formula is C39H59Br2N13O4S2. The molecule has 0 spiro atoms. The van der Waals surface area contributed by atoms with E-state index in [1.165, 1.54) is 35.8 Å². The first-order valence-electron chi connectivity index (χ1n) is 19.0. The van der Waals surface area contributed by atoms with Gasteiger partial charge in [0, 0.05) is 65.7 Å². The standard InChI is InChI=1S/C36H53Br2N13O4S2.C3H6/c1-3-45-28(34(55)51-27-20-23(38)18-25(32(27)57-15-11-40)49-30(53)9-5-7-13-47-36(43)44)16-21(2)33(54)50-26-19-22(37)17-24(31(26)56-14-10-39)48-29(52)8-4-6-12-46-35(41)42;1-3-2/h3,16-21H,4-15,39-40H2,1-2H3,(H,48,52)(H,49,53)(H,50,54)(H,51,55)(H4,41,42,46)(H4,43,44,47);3H,1H2,2H3/b28-16-,45-3?;. The van der Waals surface area contributed by atoms with Crippen LogP contribution < -0.4 is 55.7 Å². The highest BCUT2D eigenvalue weighted by atomic mass is 79.9. The molecule has 16 N–H and O–H groups in total. The SMILES string of the molecule is C=CC.CC=N/C(=C\C(C)C(=O)Nc1cc(Br)cc(NC(=O)CCCCN=C(N)N)c1SCCN)C(=O)Nc1cc(Br)cc(NC(=O)CCCCN=C(N)N)c1SCCN.